The van der Waals surface area contributed by atoms with Gasteiger partial charge in [0, 0.05) is 19.3 Å². The highest BCUT2D eigenvalue weighted by Gasteiger charge is 2.50. The van der Waals surface area contributed by atoms with E-state index in [0.29, 0.717) is 0 Å². The number of carbonyl (C=O) groups excluding carboxylic acids is 1. The van der Waals surface area contributed by atoms with E-state index in [4.69, 9.17) is 0 Å². The molecule has 0 spiro atoms. The summed E-state index contributed by atoms with van der Waals surface area (Å²) in [5, 5.41) is 1.29. The number of alkyl halides is 3. The van der Waals surface area contributed by atoms with Crippen LogP contribution in [0.5, 0.6) is 0 Å². The zero-order valence-corrected chi connectivity index (χ0v) is 10.8. The number of hydrogen-bond acceptors (Lipinski definition) is 4. The second-order valence-electron chi connectivity index (χ2n) is 4.00. The van der Waals surface area contributed by atoms with Crippen LogP contribution in [0.4, 0.5) is 18.0 Å². The number of nitrogens with one attached hydrogen (secondary N) is 1. The number of ether oxygens (including phenoxy) is 1. The van der Waals surface area contributed by atoms with E-state index in [1.807, 2.05) is 0 Å². The molecule has 0 aromatic rings. The molecule has 0 aromatic carbocycles. The predicted molar refractivity (Wildman–Crippen MR) is 59.7 cm³/mol. The summed E-state index contributed by atoms with van der Waals surface area (Å²) in [7, 11) is -3.30. The Morgan fingerprint density at radius 1 is 1.50 bits per heavy atom. The Bertz CT molecular complexity index is 429. The molecule has 1 heterocycles. The largest absolute Gasteiger partial charge is 0.448 e. The number of hydrogen-bond donors (Lipinski definition) is 1. The maximum absolute atomic E-state index is 12.7. The van der Waals surface area contributed by atoms with Gasteiger partial charge in [-0.3, -0.25) is 0 Å². The highest BCUT2D eigenvalue weighted by atomic mass is 32.2. The zero-order valence-electron chi connectivity index (χ0n) is 9.99. The summed E-state index contributed by atoms with van der Waals surface area (Å²) in [5.41, 5.74) is 0. The van der Waals surface area contributed by atoms with Gasteiger partial charge in [0.15, 0.2) is 0 Å². The lowest BCUT2D eigenvalue weighted by atomic mass is 10.1. The molecule has 0 aromatic heterocycles. The van der Waals surface area contributed by atoms with Crippen LogP contribution in [-0.4, -0.2) is 47.7 Å². The fraction of sp³-hybridized carbons (Fsp3) is 0.889. The first-order valence-corrected chi connectivity index (χ1v) is 7.32. The second-order valence-corrected chi connectivity index (χ2v) is 6.51. The quantitative estimate of drug-likeness (QED) is 0.834. The molecule has 3 atom stereocenters. The van der Waals surface area contributed by atoms with Crippen molar-refractivity contribution in [3.05, 3.63) is 0 Å². The van der Waals surface area contributed by atoms with Crippen LogP contribution in [0.3, 0.4) is 0 Å². The summed E-state index contributed by atoms with van der Waals surface area (Å²) < 4.78 is 58.0. The standard InChI is InChI=1S/C9H15F3N2O3S/c1-3-17-8(15)14-18(2,16)7-5-13-4-6(7)9(10,11)12/h6-7,13H,3-5H2,1-2H3. The first-order chi connectivity index (χ1) is 8.18. The van der Waals surface area contributed by atoms with Gasteiger partial charge in [0.2, 0.25) is 0 Å². The minimum atomic E-state index is -4.46. The minimum absolute atomic E-state index is 0.0312. The van der Waals surface area contributed by atoms with Crippen molar-refractivity contribution in [1.82, 2.24) is 5.32 Å². The molecule has 1 aliphatic rings. The van der Waals surface area contributed by atoms with Gasteiger partial charge < -0.3 is 10.1 Å². The van der Waals surface area contributed by atoms with Crippen LogP contribution in [0.1, 0.15) is 6.92 Å². The van der Waals surface area contributed by atoms with Crippen LogP contribution in [0.2, 0.25) is 0 Å². The fourth-order valence-corrected chi connectivity index (χ4v) is 3.58. The van der Waals surface area contributed by atoms with Crippen molar-refractivity contribution in [3.63, 3.8) is 0 Å². The number of amides is 1. The molecular weight excluding hydrogens is 273 g/mol. The highest BCUT2D eigenvalue weighted by Crippen LogP contribution is 2.34. The van der Waals surface area contributed by atoms with Crippen LogP contribution < -0.4 is 5.32 Å². The lowest BCUT2D eigenvalue weighted by Gasteiger charge is -2.21. The van der Waals surface area contributed by atoms with Gasteiger partial charge in [-0.05, 0) is 6.92 Å². The Labute approximate surface area is 103 Å². The van der Waals surface area contributed by atoms with E-state index in [1.165, 1.54) is 6.92 Å². The van der Waals surface area contributed by atoms with E-state index in [0.717, 1.165) is 6.26 Å². The summed E-state index contributed by atoms with van der Waals surface area (Å²) in [6.45, 7) is 1.17. The van der Waals surface area contributed by atoms with Crippen LogP contribution in [0.25, 0.3) is 0 Å². The Hall–Kier alpha value is -0.830. The summed E-state index contributed by atoms with van der Waals surface area (Å²) >= 11 is 0. The second kappa shape index (κ2) is 5.43. The maximum atomic E-state index is 12.7. The van der Waals surface area contributed by atoms with Crippen LogP contribution in [0, 0.1) is 5.92 Å². The summed E-state index contributed by atoms with van der Waals surface area (Å²) in [5.74, 6) is -1.76. The van der Waals surface area contributed by atoms with E-state index in [9.17, 15) is 22.2 Å². The Morgan fingerprint density at radius 2 is 2.11 bits per heavy atom. The lowest BCUT2D eigenvalue weighted by molar-refractivity contribution is -0.167. The average molecular weight is 288 g/mol. The zero-order chi connectivity index (χ0) is 14.0. The SMILES string of the molecule is CCOC(=O)N=S(C)(=O)C1CNCC1C(F)(F)F. The Morgan fingerprint density at radius 3 is 2.61 bits per heavy atom. The van der Waals surface area contributed by atoms with Crippen LogP contribution in [0.15, 0.2) is 4.36 Å². The van der Waals surface area contributed by atoms with Crippen molar-refractivity contribution in [3.8, 4) is 0 Å². The van der Waals surface area contributed by atoms with Gasteiger partial charge in [0.05, 0.1) is 27.5 Å². The molecular formula is C9H15F3N2O3S. The summed E-state index contributed by atoms with van der Waals surface area (Å²) in [6.07, 6.45) is -4.49. The number of halogens is 3. The van der Waals surface area contributed by atoms with Crippen LogP contribution in [-0.2, 0) is 14.5 Å². The first-order valence-electron chi connectivity index (χ1n) is 5.33. The average Bonchev–Trinajstić information content (AvgIpc) is 2.64. The molecule has 5 nitrogen and oxygen atoms in total. The molecule has 1 rings (SSSR count). The van der Waals surface area contributed by atoms with Gasteiger partial charge >= 0.3 is 12.3 Å². The van der Waals surface area contributed by atoms with Crippen molar-refractivity contribution < 1.29 is 26.9 Å². The summed E-state index contributed by atoms with van der Waals surface area (Å²) in [6, 6.07) is 0. The molecule has 0 saturated carbocycles. The van der Waals surface area contributed by atoms with Gasteiger partial charge in [-0.15, -0.1) is 4.36 Å². The molecule has 0 bridgehead atoms. The molecule has 1 amide bonds. The van der Waals surface area contributed by atoms with E-state index in [-0.39, 0.29) is 19.7 Å². The van der Waals surface area contributed by atoms with E-state index >= 15 is 0 Å². The first kappa shape index (κ1) is 15.2. The maximum Gasteiger partial charge on any atom is 0.441 e. The van der Waals surface area contributed by atoms with Crippen molar-refractivity contribution >= 4 is 15.8 Å². The van der Waals surface area contributed by atoms with Gasteiger partial charge in [-0.25, -0.2) is 9.00 Å². The normalized spacial score (nSPS) is 27.6. The third-order valence-corrected chi connectivity index (χ3v) is 4.79. The Balaban J connectivity index is 2.97. The summed E-state index contributed by atoms with van der Waals surface area (Å²) in [4.78, 5) is 11.1. The lowest BCUT2D eigenvalue weighted by Crippen LogP contribution is -2.38. The molecule has 1 aliphatic heterocycles. The topological polar surface area (TPSA) is 67.8 Å². The number of rotatable bonds is 2. The van der Waals surface area contributed by atoms with Crippen molar-refractivity contribution in [1.29, 1.82) is 0 Å². The molecule has 3 unspecified atom stereocenters. The molecule has 1 N–H and O–H groups in total. The van der Waals surface area contributed by atoms with Gasteiger partial charge in [-0.1, -0.05) is 0 Å². The molecule has 18 heavy (non-hydrogen) atoms. The van der Waals surface area contributed by atoms with Crippen molar-refractivity contribution in [2.24, 2.45) is 10.3 Å². The molecule has 0 aliphatic carbocycles. The highest BCUT2D eigenvalue weighted by molar-refractivity contribution is 7.93. The molecule has 1 saturated heterocycles. The van der Waals surface area contributed by atoms with Gasteiger partial charge in [-0.2, -0.15) is 13.2 Å². The van der Waals surface area contributed by atoms with Gasteiger partial charge in [0.25, 0.3) is 0 Å². The van der Waals surface area contributed by atoms with Gasteiger partial charge in [0.1, 0.15) is 0 Å². The molecule has 106 valence electrons. The van der Waals surface area contributed by atoms with E-state index in [1.54, 1.807) is 0 Å². The number of carbonyl (C=O) groups is 1. The minimum Gasteiger partial charge on any atom is -0.448 e. The molecule has 0 radical (unpaired) electrons. The molecule has 9 heteroatoms. The third kappa shape index (κ3) is 3.58. The fourth-order valence-electron chi connectivity index (χ4n) is 1.81. The Kier molecular flexibility index (Phi) is 4.60. The number of nitrogens with zero attached hydrogens (tertiary/aromatic N) is 1. The predicted octanol–water partition coefficient (Wildman–Crippen LogP) is 1.39. The van der Waals surface area contributed by atoms with Crippen LogP contribution >= 0.6 is 0 Å². The van der Waals surface area contributed by atoms with E-state index < -0.39 is 33.2 Å². The van der Waals surface area contributed by atoms with E-state index in [2.05, 4.69) is 14.4 Å². The third-order valence-electron chi connectivity index (χ3n) is 2.66. The molecule has 1 fully saturated rings. The monoisotopic (exact) mass is 288 g/mol. The smallest absolute Gasteiger partial charge is 0.441 e. The van der Waals surface area contributed by atoms with Crippen molar-refractivity contribution in [2.45, 2.75) is 18.3 Å². The van der Waals surface area contributed by atoms with Crippen molar-refractivity contribution in [2.75, 3.05) is 26.0 Å².